The van der Waals surface area contributed by atoms with Gasteiger partial charge in [-0.15, -0.1) is 0 Å². The number of fused-ring (bicyclic) bond motifs is 1. The summed E-state index contributed by atoms with van der Waals surface area (Å²) in [5, 5.41) is 12.4. The predicted molar refractivity (Wildman–Crippen MR) is 46.0 cm³/mol. The SMILES string of the molecule is CC(O)c1nc2c([nH]1)CCCN2. The van der Waals surface area contributed by atoms with Crippen molar-refractivity contribution < 1.29 is 5.11 Å². The number of aliphatic hydroxyl groups excluding tert-OH is 1. The molecule has 0 aromatic carbocycles. The minimum atomic E-state index is -0.502. The fourth-order valence-corrected chi connectivity index (χ4v) is 1.43. The second-order valence-corrected chi connectivity index (χ2v) is 3.16. The van der Waals surface area contributed by atoms with Crippen molar-refractivity contribution in [1.82, 2.24) is 9.97 Å². The van der Waals surface area contributed by atoms with E-state index < -0.39 is 6.10 Å². The summed E-state index contributed by atoms with van der Waals surface area (Å²) >= 11 is 0. The number of aromatic amines is 1. The van der Waals surface area contributed by atoms with Crippen LogP contribution in [-0.2, 0) is 6.42 Å². The number of aliphatic hydroxyl groups is 1. The van der Waals surface area contributed by atoms with Crippen LogP contribution in [0.25, 0.3) is 0 Å². The van der Waals surface area contributed by atoms with Gasteiger partial charge in [0.15, 0.2) is 0 Å². The number of imidazole rings is 1. The molecule has 0 amide bonds. The van der Waals surface area contributed by atoms with Gasteiger partial charge in [-0.25, -0.2) is 4.98 Å². The summed E-state index contributed by atoms with van der Waals surface area (Å²) in [6.45, 7) is 2.70. The summed E-state index contributed by atoms with van der Waals surface area (Å²) in [6, 6.07) is 0. The molecule has 4 nitrogen and oxygen atoms in total. The standard InChI is InChI=1S/C8H13N3O/c1-5(12)7-10-6-3-2-4-9-8(6)11-7/h5,9,12H,2-4H2,1H3,(H,10,11). The Bertz CT molecular complexity index is 256. The second-order valence-electron chi connectivity index (χ2n) is 3.16. The van der Waals surface area contributed by atoms with Gasteiger partial charge < -0.3 is 15.4 Å². The van der Waals surface area contributed by atoms with E-state index in [1.54, 1.807) is 6.92 Å². The lowest BCUT2D eigenvalue weighted by Gasteiger charge is -2.10. The first-order valence-electron chi connectivity index (χ1n) is 4.28. The molecule has 12 heavy (non-hydrogen) atoms. The number of H-pyrrole nitrogens is 1. The molecule has 0 spiro atoms. The smallest absolute Gasteiger partial charge is 0.147 e. The van der Waals surface area contributed by atoms with Crippen molar-refractivity contribution in [3.63, 3.8) is 0 Å². The highest BCUT2D eigenvalue weighted by atomic mass is 16.3. The molecule has 2 heterocycles. The average Bonchev–Trinajstić information content (AvgIpc) is 2.46. The number of rotatable bonds is 1. The van der Waals surface area contributed by atoms with E-state index in [-0.39, 0.29) is 0 Å². The van der Waals surface area contributed by atoms with Gasteiger partial charge in [0.2, 0.25) is 0 Å². The van der Waals surface area contributed by atoms with E-state index in [9.17, 15) is 5.11 Å². The molecule has 1 aromatic heterocycles. The van der Waals surface area contributed by atoms with Crippen LogP contribution in [0.15, 0.2) is 0 Å². The quantitative estimate of drug-likeness (QED) is 0.580. The Labute approximate surface area is 71.0 Å². The maximum atomic E-state index is 9.25. The van der Waals surface area contributed by atoms with Gasteiger partial charge in [-0.2, -0.15) is 0 Å². The Morgan fingerprint density at radius 1 is 1.58 bits per heavy atom. The van der Waals surface area contributed by atoms with E-state index >= 15 is 0 Å². The molecule has 1 aromatic rings. The summed E-state index contributed by atoms with van der Waals surface area (Å²) < 4.78 is 0. The molecule has 4 heteroatoms. The normalized spacial score (nSPS) is 18.2. The lowest BCUT2D eigenvalue weighted by atomic mass is 10.2. The van der Waals surface area contributed by atoms with Crippen molar-refractivity contribution in [2.24, 2.45) is 0 Å². The van der Waals surface area contributed by atoms with Gasteiger partial charge in [0.25, 0.3) is 0 Å². The molecule has 1 atom stereocenters. The largest absolute Gasteiger partial charge is 0.385 e. The van der Waals surface area contributed by atoms with Crippen molar-refractivity contribution >= 4 is 5.82 Å². The fourth-order valence-electron chi connectivity index (χ4n) is 1.43. The molecule has 0 saturated carbocycles. The number of hydrogen-bond donors (Lipinski definition) is 3. The summed E-state index contributed by atoms with van der Waals surface area (Å²) in [5.74, 6) is 1.58. The zero-order valence-corrected chi connectivity index (χ0v) is 7.09. The first kappa shape index (κ1) is 7.61. The van der Waals surface area contributed by atoms with Crippen LogP contribution in [0.4, 0.5) is 5.82 Å². The van der Waals surface area contributed by atoms with Crippen LogP contribution in [0.5, 0.6) is 0 Å². The topological polar surface area (TPSA) is 60.9 Å². The molecule has 1 unspecified atom stereocenters. The minimum absolute atomic E-state index is 0.502. The van der Waals surface area contributed by atoms with Crippen molar-refractivity contribution in [3.05, 3.63) is 11.5 Å². The number of anilines is 1. The molecule has 0 bridgehead atoms. The van der Waals surface area contributed by atoms with E-state index in [4.69, 9.17) is 0 Å². The maximum absolute atomic E-state index is 9.25. The van der Waals surface area contributed by atoms with Crippen LogP contribution in [0, 0.1) is 0 Å². The van der Waals surface area contributed by atoms with E-state index in [0.29, 0.717) is 5.82 Å². The Balaban J connectivity index is 2.32. The van der Waals surface area contributed by atoms with Crippen LogP contribution >= 0.6 is 0 Å². The highest BCUT2D eigenvalue weighted by molar-refractivity contribution is 5.43. The first-order chi connectivity index (χ1) is 5.77. The van der Waals surface area contributed by atoms with Crippen LogP contribution in [-0.4, -0.2) is 21.6 Å². The molecule has 0 radical (unpaired) electrons. The molecule has 0 fully saturated rings. The first-order valence-corrected chi connectivity index (χ1v) is 4.28. The number of nitrogens with zero attached hydrogens (tertiary/aromatic N) is 1. The van der Waals surface area contributed by atoms with Crippen molar-refractivity contribution in [3.8, 4) is 0 Å². The lowest BCUT2D eigenvalue weighted by molar-refractivity contribution is 0.190. The molecule has 2 rings (SSSR count). The van der Waals surface area contributed by atoms with E-state index in [2.05, 4.69) is 15.3 Å². The van der Waals surface area contributed by atoms with Gasteiger partial charge in [0.1, 0.15) is 17.7 Å². The minimum Gasteiger partial charge on any atom is -0.385 e. The van der Waals surface area contributed by atoms with Crippen LogP contribution in [0.3, 0.4) is 0 Å². The van der Waals surface area contributed by atoms with Gasteiger partial charge in [-0.1, -0.05) is 0 Å². The van der Waals surface area contributed by atoms with Gasteiger partial charge in [-0.05, 0) is 19.8 Å². The highest BCUT2D eigenvalue weighted by Crippen LogP contribution is 2.21. The molecule has 0 saturated heterocycles. The van der Waals surface area contributed by atoms with E-state index in [1.807, 2.05) is 0 Å². The van der Waals surface area contributed by atoms with Crippen LogP contribution in [0.1, 0.15) is 31.0 Å². The molecule has 66 valence electrons. The van der Waals surface area contributed by atoms with Gasteiger partial charge >= 0.3 is 0 Å². The lowest BCUT2D eigenvalue weighted by Crippen LogP contribution is -2.10. The Morgan fingerprint density at radius 3 is 3.08 bits per heavy atom. The monoisotopic (exact) mass is 167 g/mol. The number of aryl methyl sites for hydroxylation is 1. The van der Waals surface area contributed by atoms with Gasteiger partial charge in [0.05, 0.1) is 5.69 Å². The molecule has 1 aliphatic heterocycles. The zero-order chi connectivity index (χ0) is 8.55. The highest BCUT2D eigenvalue weighted by Gasteiger charge is 2.15. The molecular weight excluding hydrogens is 154 g/mol. The summed E-state index contributed by atoms with van der Waals surface area (Å²) in [4.78, 5) is 7.34. The summed E-state index contributed by atoms with van der Waals surface area (Å²) in [7, 11) is 0. The predicted octanol–water partition coefficient (Wildman–Crippen LogP) is 0.821. The molecule has 0 aliphatic carbocycles. The van der Waals surface area contributed by atoms with Gasteiger partial charge in [-0.3, -0.25) is 0 Å². The Morgan fingerprint density at radius 2 is 2.42 bits per heavy atom. The van der Waals surface area contributed by atoms with Gasteiger partial charge in [0, 0.05) is 6.54 Å². The molecule has 1 aliphatic rings. The summed E-state index contributed by atoms with van der Waals surface area (Å²) in [6.07, 6.45) is 1.66. The second kappa shape index (κ2) is 2.79. The molecule has 3 N–H and O–H groups in total. The van der Waals surface area contributed by atoms with Crippen LogP contribution < -0.4 is 5.32 Å². The Hall–Kier alpha value is -1.03. The Kier molecular flexibility index (Phi) is 1.77. The fraction of sp³-hybridized carbons (Fsp3) is 0.625. The summed E-state index contributed by atoms with van der Waals surface area (Å²) in [5.41, 5.74) is 1.12. The zero-order valence-electron chi connectivity index (χ0n) is 7.09. The average molecular weight is 167 g/mol. The van der Waals surface area contributed by atoms with Crippen molar-refractivity contribution in [2.75, 3.05) is 11.9 Å². The van der Waals surface area contributed by atoms with E-state index in [1.165, 1.54) is 0 Å². The number of aromatic nitrogens is 2. The third kappa shape index (κ3) is 1.18. The van der Waals surface area contributed by atoms with Crippen molar-refractivity contribution in [2.45, 2.75) is 25.9 Å². The third-order valence-electron chi connectivity index (χ3n) is 2.09. The van der Waals surface area contributed by atoms with Crippen LogP contribution in [0.2, 0.25) is 0 Å². The molecular formula is C8H13N3O. The number of hydrogen-bond acceptors (Lipinski definition) is 3. The number of nitrogens with one attached hydrogen (secondary N) is 2. The maximum Gasteiger partial charge on any atom is 0.147 e. The van der Waals surface area contributed by atoms with E-state index in [0.717, 1.165) is 30.9 Å². The third-order valence-corrected chi connectivity index (χ3v) is 2.09. The van der Waals surface area contributed by atoms with Crippen molar-refractivity contribution in [1.29, 1.82) is 0 Å².